The Bertz CT molecular complexity index is 1100. The van der Waals surface area contributed by atoms with Gasteiger partial charge in [0.15, 0.2) is 0 Å². The topological polar surface area (TPSA) is 86.9 Å². The van der Waals surface area contributed by atoms with Crippen molar-refractivity contribution in [3.8, 4) is 0 Å². The molecule has 2 amide bonds. The molecule has 3 N–H and O–H groups in total. The first kappa shape index (κ1) is 20.3. The molecule has 1 aliphatic rings. The first-order valence-corrected chi connectivity index (χ1v) is 10.0. The molecule has 0 fully saturated rings. The summed E-state index contributed by atoms with van der Waals surface area (Å²) in [6, 6.07) is 10.3. The van der Waals surface area contributed by atoms with Crippen LogP contribution in [-0.2, 0) is 15.8 Å². The molecule has 0 bridgehead atoms. The average Bonchev–Trinajstić information content (AvgIpc) is 3.12. The van der Waals surface area contributed by atoms with Gasteiger partial charge in [0.1, 0.15) is 5.82 Å². The van der Waals surface area contributed by atoms with Gasteiger partial charge in [-0.2, -0.15) is 13.2 Å². The highest BCUT2D eigenvalue weighted by Crippen LogP contribution is 2.40. The second-order valence-electron chi connectivity index (χ2n) is 6.94. The second-order valence-corrected chi connectivity index (χ2v) is 8.18. The summed E-state index contributed by atoms with van der Waals surface area (Å²) in [5, 5.41) is 4.54. The molecule has 6 nitrogen and oxygen atoms in total. The van der Waals surface area contributed by atoms with E-state index in [0.29, 0.717) is 10.7 Å². The lowest BCUT2D eigenvalue weighted by molar-refractivity contribution is -0.137. The monoisotopic (exact) mass is 434 g/mol. The number of carbonyl (C=O) groups is 2. The summed E-state index contributed by atoms with van der Waals surface area (Å²) in [5.74, 6) is -0.264. The fourth-order valence-electron chi connectivity index (χ4n) is 3.18. The number of hydrogen-bond acceptors (Lipinski definition) is 4. The van der Waals surface area contributed by atoms with E-state index in [1.165, 1.54) is 6.07 Å². The number of amides is 2. The highest BCUT2D eigenvalue weighted by Gasteiger charge is 2.34. The zero-order valence-electron chi connectivity index (χ0n) is 15.7. The maximum absolute atomic E-state index is 12.9. The van der Waals surface area contributed by atoms with Crippen LogP contribution in [0.4, 0.5) is 18.9 Å². The summed E-state index contributed by atoms with van der Waals surface area (Å²) in [5.41, 5.74) is 0.904. The second kappa shape index (κ2) is 7.67. The number of rotatable bonds is 4. The van der Waals surface area contributed by atoms with Gasteiger partial charge >= 0.3 is 6.18 Å². The minimum atomic E-state index is -4.49. The van der Waals surface area contributed by atoms with Crippen LogP contribution in [0, 0.1) is 0 Å². The Morgan fingerprint density at radius 1 is 1.27 bits per heavy atom. The van der Waals surface area contributed by atoms with E-state index in [9.17, 15) is 22.8 Å². The number of halogens is 3. The van der Waals surface area contributed by atoms with Crippen molar-refractivity contribution in [3.63, 3.8) is 0 Å². The van der Waals surface area contributed by atoms with Gasteiger partial charge in [-0.05, 0) is 37.3 Å². The number of aromatic nitrogens is 2. The minimum Gasteiger partial charge on any atom is -0.346 e. The summed E-state index contributed by atoms with van der Waals surface area (Å²) in [6.07, 6.45) is -4.60. The van der Waals surface area contributed by atoms with Crippen LogP contribution in [0.3, 0.4) is 0 Å². The summed E-state index contributed by atoms with van der Waals surface area (Å²) < 4.78 is 38.6. The number of aromatic amines is 1. The van der Waals surface area contributed by atoms with Gasteiger partial charge in [0.05, 0.1) is 33.6 Å². The summed E-state index contributed by atoms with van der Waals surface area (Å²) in [7, 11) is 0. The summed E-state index contributed by atoms with van der Waals surface area (Å²) in [4.78, 5) is 32.8. The van der Waals surface area contributed by atoms with Gasteiger partial charge in [-0.3, -0.25) is 9.59 Å². The Morgan fingerprint density at radius 2 is 2.03 bits per heavy atom. The Hall–Kier alpha value is -3.01. The molecule has 156 valence electrons. The molecule has 0 saturated heterocycles. The lowest BCUT2D eigenvalue weighted by Gasteiger charge is -2.25. The number of alkyl halides is 3. The Labute approximate surface area is 173 Å². The Kier molecular flexibility index (Phi) is 5.19. The predicted molar refractivity (Wildman–Crippen MR) is 107 cm³/mol. The average molecular weight is 434 g/mol. The van der Waals surface area contributed by atoms with Gasteiger partial charge in [0.25, 0.3) is 0 Å². The van der Waals surface area contributed by atoms with Crippen LogP contribution in [0.1, 0.15) is 30.8 Å². The van der Waals surface area contributed by atoms with Crippen molar-refractivity contribution in [2.24, 2.45) is 0 Å². The molecule has 2 aromatic carbocycles. The first-order valence-electron chi connectivity index (χ1n) is 9.13. The van der Waals surface area contributed by atoms with Crippen molar-refractivity contribution in [2.45, 2.75) is 35.7 Å². The van der Waals surface area contributed by atoms with Crippen molar-refractivity contribution in [2.75, 3.05) is 5.32 Å². The highest BCUT2D eigenvalue weighted by atomic mass is 32.2. The molecule has 10 heteroatoms. The van der Waals surface area contributed by atoms with Crippen molar-refractivity contribution in [3.05, 3.63) is 53.9 Å². The van der Waals surface area contributed by atoms with Gasteiger partial charge in [-0.1, -0.05) is 12.1 Å². The molecule has 4 rings (SSSR count). The molecule has 0 spiro atoms. The van der Waals surface area contributed by atoms with Gasteiger partial charge in [0, 0.05) is 11.3 Å². The quantitative estimate of drug-likeness (QED) is 0.573. The predicted octanol–water partition coefficient (Wildman–Crippen LogP) is 4.26. The standard InChI is InChI=1S/C20H17F3N4O2S/c1-10(18-25-12-4-2-3-5-13(12)26-18)24-17(28)9-16-19(29)27-14-8-11(20(21,22)23)6-7-15(14)30-16/h2-8,10,16H,9H2,1H3,(H,24,28)(H,25,26)(H,27,29). The number of benzene rings is 2. The minimum absolute atomic E-state index is 0.104. The molecule has 1 aromatic heterocycles. The number of nitrogens with one attached hydrogen (secondary N) is 3. The summed E-state index contributed by atoms with van der Waals surface area (Å²) in [6.45, 7) is 1.78. The largest absolute Gasteiger partial charge is 0.416 e. The number of thioether (sulfide) groups is 1. The fourth-order valence-corrected chi connectivity index (χ4v) is 4.27. The number of H-pyrrole nitrogens is 1. The third kappa shape index (κ3) is 4.13. The van der Waals surface area contributed by atoms with E-state index in [0.717, 1.165) is 34.9 Å². The normalized spacial score (nSPS) is 17.3. The zero-order valence-corrected chi connectivity index (χ0v) is 16.5. The molecule has 0 saturated carbocycles. The van der Waals surface area contributed by atoms with E-state index in [1.54, 1.807) is 6.92 Å². The number of para-hydroxylation sites is 2. The summed E-state index contributed by atoms with van der Waals surface area (Å²) >= 11 is 1.08. The fraction of sp³-hybridized carbons (Fsp3) is 0.250. The van der Waals surface area contributed by atoms with Gasteiger partial charge in [-0.25, -0.2) is 4.98 Å². The van der Waals surface area contributed by atoms with E-state index >= 15 is 0 Å². The van der Waals surface area contributed by atoms with Crippen LogP contribution in [0.5, 0.6) is 0 Å². The number of nitrogens with zero attached hydrogens (tertiary/aromatic N) is 1. The van der Waals surface area contributed by atoms with Gasteiger partial charge < -0.3 is 15.6 Å². The lowest BCUT2D eigenvalue weighted by Crippen LogP contribution is -2.36. The number of carbonyl (C=O) groups excluding carboxylic acids is 2. The van der Waals surface area contributed by atoms with Crippen LogP contribution >= 0.6 is 11.8 Å². The van der Waals surface area contributed by atoms with Crippen molar-refractivity contribution < 1.29 is 22.8 Å². The molecular formula is C20H17F3N4O2S. The highest BCUT2D eigenvalue weighted by molar-refractivity contribution is 8.01. The van der Waals surface area contributed by atoms with Gasteiger partial charge in [-0.15, -0.1) is 11.8 Å². The first-order chi connectivity index (χ1) is 14.2. The SMILES string of the molecule is CC(NC(=O)CC1Sc2ccc(C(F)(F)F)cc2NC1=O)c1nc2ccccc2[nH]1. The molecular weight excluding hydrogens is 417 g/mol. The number of hydrogen-bond donors (Lipinski definition) is 3. The molecule has 0 aliphatic carbocycles. The van der Waals surface area contributed by atoms with Crippen LogP contribution in [-0.4, -0.2) is 27.0 Å². The number of anilines is 1. The maximum atomic E-state index is 12.9. The van der Waals surface area contributed by atoms with E-state index in [4.69, 9.17) is 0 Å². The molecule has 0 radical (unpaired) electrons. The number of imidazole rings is 1. The molecule has 1 aliphatic heterocycles. The molecule has 3 aromatic rings. The molecule has 2 unspecified atom stereocenters. The zero-order chi connectivity index (χ0) is 21.5. The van der Waals surface area contributed by atoms with E-state index in [-0.39, 0.29) is 18.0 Å². The Morgan fingerprint density at radius 3 is 2.77 bits per heavy atom. The van der Waals surface area contributed by atoms with Gasteiger partial charge in [0.2, 0.25) is 11.8 Å². The lowest BCUT2D eigenvalue weighted by atomic mass is 10.1. The van der Waals surface area contributed by atoms with Crippen molar-refractivity contribution >= 4 is 40.3 Å². The molecule has 2 atom stereocenters. The maximum Gasteiger partial charge on any atom is 0.416 e. The molecule has 30 heavy (non-hydrogen) atoms. The smallest absolute Gasteiger partial charge is 0.346 e. The van der Waals surface area contributed by atoms with E-state index in [1.807, 2.05) is 24.3 Å². The van der Waals surface area contributed by atoms with Crippen LogP contribution in [0.15, 0.2) is 47.4 Å². The Balaban J connectivity index is 1.41. The third-order valence-corrected chi connectivity index (χ3v) is 5.97. The molecule has 2 heterocycles. The number of fused-ring (bicyclic) bond motifs is 2. The van der Waals surface area contributed by atoms with Crippen molar-refractivity contribution in [1.82, 2.24) is 15.3 Å². The van der Waals surface area contributed by atoms with Crippen LogP contribution in [0.2, 0.25) is 0 Å². The van der Waals surface area contributed by atoms with Crippen LogP contribution < -0.4 is 10.6 Å². The van der Waals surface area contributed by atoms with Crippen molar-refractivity contribution in [1.29, 1.82) is 0 Å². The third-order valence-electron chi connectivity index (χ3n) is 4.69. The van der Waals surface area contributed by atoms with E-state index in [2.05, 4.69) is 20.6 Å². The van der Waals surface area contributed by atoms with E-state index < -0.39 is 28.9 Å². The van der Waals surface area contributed by atoms with Crippen LogP contribution in [0.25, 0.3) is 11.0 Å².